The van der Waals surface area contributed by atoms with Gasteiger partial charge in [-0.25, -0.2) is 17.9 Å². The van der Waals surface area contributed by atoms with Crippen LogP contribution in [0.15, 0.2) is 71.6 Å². The molecule has 1 saturated carbocycles. The van der Waals surface area contributed by atoms with Crippen LogP contribution in [0.3, 0.4) is 0 Å². The summed E-state index contributed by atoms with van der Waals surface area (Å²) in [4.78, 5) is 0.230. The first-order valence-electron chi connectivity index (χ1n) is 10.3. The fraction of sp³-hybridized carbons (Fsp3) is 0.292. The van der Waals surface area contributed by atoms with Gasteiger partial charge in [-0.05, 0) is 54.8 Å². The highest BCUT2D eigenvalue weighted by atomic mass is 32.2. The van der Waals surface area contributed by atoms with Crippen LogP contribution in [0.2, 0.25) is 0 Å². The van der Waals surface area contributed by atoms with E-state index in [4.69, 9.17) is 0 Å². The molecule has 3 aromatic carbocycles. The van der Waals surface area contributed by atoms with Crippen molar-refractivity contribution in [1.29, 1.82) is 0 Å². The largest absolute Gasteiger partial charge is 0.624 e. The van der Waals surface area contributed by atoms with Gasteiger partial charge in [-0.15, -0.1) is 0 Å². The van der Waals surface area contributed by atoms with E-state index in [1.165, 1.54) is 0 Å². The maximum atomic E-state index is 13.0. The van der Waals surface area contributed by atoms with Crippen LogP contribution in [0.5, 0.6) is 0 Å². The topological polar surface area (TPSA) is 72.2 Å². The number of benzene rings is 3. The first-order valence-corrected chi connectivity index (χ1v) is 11.8. The third-order valence-electron chi connectivity index (χ3n) is 5.74. The van der Waals surface area contributed by atoms with Crippen molar-refractivity contribution in [3.05, 3.63) is 83.1 Å². The molecule has 5 nitrogen and oxygen atoms in total. The molecule has 0 bridgehead atoms. The SMILES string of the molecule is Cc1ccc(S(=O)(=O)N[C@@H]2CCCC[C@H]2/[N+]([O-])=C/c2ccc3ccccc3c2)cc1. The molecule has 0 spiro atoms. The van der Waals surface area contributed by atoms with E-state index in [-0.39, 0.29) is 4.90 Å². The van der Waals surface area contributed by atoms with Crippen LogP contribution in [0.4, 0.5) is 0 Å². The van der Waals surface area contributed by atoms with Gasteiger partial charge < -0.3 is 5.21 Å². The summed E-state index contributed by atoms with van der Waals surface area (Å²) in [7, 11) is -3.67. The number of sulfonamides is 1. The number of nitrogens with one attached hydrogen (secondary N) is 1. The summed E-state index contributed by atoms with van der Waals surface area (Å²) in [6, 6.07) is 19.8. The summed E-state index contributed by atoms with van der Waals surface area (Å²) >= 11 is 0. The van der Waals surface area contributed by atoms with Crippen molar-refractivity contribution < 1.29 is 13.2 Å². The number of nitrogens with zero attached hydrogens (tertiary/aromatic N) is 1. The van der Waals surface area contributed by atoms with Crippen LogP contribution in [-0.2, 0) is 10.0 Å². The number of aryl methyl sites for hydroxylation is 1. The number of fused-ring (bicyclic) bond motifs is 1. The predicted octanol–water partition coefficient (Wildman–Crippen LogP) is 4.37. The Morgan fingerprint density at radius 3 is 2.43 bits per heavy atom. The molecule has 6 heteroatoms. The lowest BCUT2D eigenvalue weighted by atomic mass is 9.91. The highest BCUT2D eigenvalue weighted by Gasteiger charge is 2.34. The highest BCUT2D eigenvalue weighted by molar-refractivity contribution is 7.89. The van der Waals surface area contributed by atoms with Crippen LogP contribution in [0.1, 0.15) is 36.8 Å². The molecule has 0 heterocycles. The molecular formula is C24H26N2O3S. The van der Waals surface area contributed by atoms with Crippen LogP contribution in [-0.4, -0.2) is 31.5 Å². The monoisotopic (exact) mass is 422 g/mol. The van der Waals surface area contributed by atoms with E-state index in [0.29, 0.717) is 12.8 Å². The second-order valence-corrected chi connectivity index (χ2v) is 9.70. The zero-order chi connectivity index (χ0) is 21.1. The number of hydroxylamine groups is 1. The molecule has 30 heavy (non-hydrogen) atoms. The fourth-order valence-electron chi connectivity index (χ4n) is 4.07. The van der Waals surface area contributed by atoms with E-state index in [9.17, 15) is 13.6 Å². The lowest BCUT2D eigenvalue weighted by Gasteiger charge is -2.30. The average molecular weight is 423 g/mol. The van der Waals surface area contributed by atoms with E-state index >= 15 is 0 Å². The van der Waals surface area contributed by atoms with Gasteiger partial charge in [-0.3, -0.25) is 0 Å². The predicted molar refractivity (Wildman–Crippen MR) is 120 cm³/mol. The Labute approximate surface area is 177 Å². The van der Waals surface area contributed by atoms with E-state index in [2.05, 4.69) is 4.72 Å². The van der Waals surface area contributed by atoms with Gasteiger partial charge in [-0.1, -0.05) is 54.4 Å². The van der Waals surface area contributed by atoms with Gasteiger partial charge in [0.15, 0.2) is 12.3 Å². The van der Waals surface area contributed by atoms with Gasteiger partial charge in [0, 0.05) is 12.0 Å². The minimum Gasteiger partial charge on any atom is -0.624 e. The number of rotatable bonds is 5. The first kappa shape index (κ1) is 20.6. The second-order valence-electron chi connectivity index (χ2n) is 7.99. The van der Waals surface area contributed by atoms with Crippen LogP contribution in [0, 0.1) is 12.1 Å². The van der Waals surface area contributed by atoms with Crippen molar-refractivity contribution >= 4 is 27.0 Å². The molecule has 0 aliphatic heterocycles. The first-order chi connectivity index (χ1) is 14.4. The van der Waals surface area contributed by atoms with Crippen molar-refractivity contribution in [1.82, 2.24) is 4.72 Å². The molecule has 156 valence electrons. The van der Waals surface area contributed by atoms with Gasteiger partial charge in [0.1, 0.15) is 0 Å². The minimum absolute atomic E-state index is 0.230. The summed E-state index contributed by atoms with van der Waals surface area (Å²) in [5.74, 6) is 0. The number of hydrogen-bond donors (Lipinski definition) is 1. The van der Waals surface area contributed by atoms with Crippen LogP contribution < -0.4 is 4.72 Å². The Morgan fingerprint density at radius 2 is 1.67 bits per heavy atom. The Hall–Kier alpha value is -2.70. The van der Waals surface area contributed by atoms with E-state index < -0.39 is 22.1 Å². The van der Waals surface area contributed by atoms with Gasteiger partial charge >= 0.3 is 0 Å². The van der Waals surface area contributed by atoms with Gasteiger partial charge in [0.05, 0.1) is 10.9 Å². The summed E-state index contributed by atoms with van der Waals surface area (Å²) in [6.07, 6.45) is 4.71. The zero-order valence-corrected chi connectivity index (χ0v) is 17.8. The third-order valence-corrected chi connectivity index (χ3v) is 7.25. The maximum absolute atomic E-state index is 13.0. The molecule has 3 aromatic rings. The fourth-order valence-corrected chi connectivity index (χ4v) is 5.37. The van der Waals surface area contributed by atoms with E-state index in [1.807, 2.05) is 49.4 Å². The Balaban J connectivity index is 1.57. The lowest BCUT2D eigenvalue weighted by Crippen LogP contribution is -2.49. The van der Waals surface area contributed by atoms with Crippen molar-refractivity contribution in [2.45, 2.75) is 49.6 Å². The smallest absolute Gasteiger partial charge is 0.241 e. The molecule has 1 fully saturated rings. The molecule has 0 radical (unpaired) electrons. The summed E-state index contributed by atoms with van der Waals surface area (Å²) in [6.45, 7) is 1.92. The normalized spacial score (nSPS) is 20.4. The molecular weight excluding hydrogens is 396 g/mol. The Kier molecular flexibility index (Phi) is 5.88. The van der Waals surface area contributed by atoms with Crippen molar-refractivity contribution in [3.63, 3.8) is 0 Å². The van der Waals surface area contributed by atoms with Crippen LogP contribution in [0.25, 0.3) is 10.8 Å². The highest BCUT2D eigenvalue weighted by Crippen LogP contribution is 2.23. The van der Waals surface area contributed by atoms with E-state index in [0.717, 1.165) is 39.5 Å². The molecule has 1 aliphatic carbocycles. The van der Waals surface area contributed by atoms with Gasteiger partial charge in [0.25, 0.3) is 0 Å². The summed E-state index contributed by atoms with van der Waals surface area (Å²) < 4.78 is 29.4. The third kappa shape index (κ3) is 4.55. The number of hydrogen-bond acceptors (Lipinski definition) is 3. The quantitative estimate of drug-likeness (QED) is 0.287. The molecule has 0 aromatic heterocycles. The summed E-state index contributed by atoms with van der Waals surface area (Å²) in [5.41, 5.74) is 1.81. The van der Waals surface area contributed by atoms with Crippen molar-refractivity contribution in [2.24, 2.45) is 0 Å². The Morgan fingerprint density at radius 1 is 0.967 bits per heavy atom. The average Bonchev–Trinajstić information content (AvgIpc) is 2.74. The van der Waals surface area contributed by atoms with Crippen LogP contribution >= 0.6 is 0 Å². The van der Waals surface area contributed by atoms with Crippen molar-refractivity contribution in [2.75, 3.05) is 0 Å². The maximum Gasteiger partial charge on any atom is 0.241 e. The van der Waals surface area contributed by atoms with Crippen molar-refractivity contribution in [3.8, 4) is 0 Å². The second kappa shape index (κ2) is 8.58. The Bertz CT molecular complexity index is 1170. The zero-order valence-electron chi connectivity index (χ0n) is 17.0. The standard InChI is InChI=1S/C24H26N2O3S/c1-18-10-14-22(15-11-18)30(28,29)25-23-8-4-5-9-24(23)26(27)17-19-12-13-20-6-2-3-7-21(20)16-19/h2-3,6-7,10-17,23-25H,4-5,8-9H2,1H3/b26-17-/t23-,24-/m1/s1. The molecule has 1 aliphatic rings. The molecule has 4 rings (SSSR count). The summed E-state index contributed by atoms with van der Waals surface area (Å²) in [5, 5.41) is 15.2. The molecule has 0 amide bonds. The van der Waals surface area contributed by atoms with Gasteiger partial charge in [0.2, 0.25) is 10.0 Å². The molecule has 2 atom stereocenters. The van der Waals surface area contributed by atoms with Gasteiger partial charge in [-0.2, -0.15) is 0 Å². The van der Waals surface area contributed by atoms with E-state index in [1.54, 1.807) is 30.5 Å². The molecule has 0 saturated heterocycles. The molecule has 1 N–H and O–H groups in total. The minimum atomic E-state index is -3.67. The lowest BCUT2D eigenvalue weighted by molar-refractivity contribution is -0.504. The molecule has 0 unspecified atom stereocenters.